The van der Waals surface area contributed by atoms with Crippen LogP contribution in [0.25, 0.3) is 11.5 Å². The van der Waals surface area contributed by atoms with E-state index in [9.17, 15) is 4.79 Å². The first-order chi connectivity index (χ1) is 11.9. The lowest BCUT2D eigenvalue weighted by Gasteiger charge is -2.10. The van der Waals surface area contributed by atoms with Gasteiger partial charge in [-0.2, -0.15) is 0 Å². The molecule has 1 heterocycles. The maximum atomic E-state index is 12.3. The van der Waals surface area contributed by atoms with Crippen molar-refractivity contribution in [1.29, 1.82) is 0 Å². The second-order valence-corrected chi connectivity index (χ2v) is 6.40. The molecule has 1 aromatic heterocycles. The minimum atomic E-state index is -0.204. The number of amides is 1. The number of carbonyl (C=O) groups is 1. The Hall–Kier alpha value is -2.66. The maximum absolute atomic E-state index is 12.3. The van der Waals surface area contributed by atoms with Crippen LogP contribution in [0.4, 0.5) is 6.01 Å². The van der Waals surface area contributed by atoms with Gasteiger partial charge in [0, 0.05) is 0 Å². The number of nitrogens with one attached hydrogen (secondary N) is 1. The van der Waals surface area contributed by atoms with E-state index in [4.69, 9.17) is 16.0 Å². The first-order valence-electron chi connectivity index (χ1n) is 7.89. The zero-order chi connectivity index (χ0) is 18.0. The Morgan fingerprint density at radius 2 is 1.80 bits per heavy atom. The number of aromatic nitrogens is 2. The van der Waals surface area contributed by atoms with Gasteiger partial charge in [0.2, 0.25) is 5.91 Å². The summed E-state index contributed by atoms with van der Waals surface area (Å²) in [5, 5.41) is 11.0. The average Bonchev–Trinajstić information content (AvgIpc) is 2.99. The predicted octanol–water partition coefficient (Wildman–Crippen LogP) is 4.50. The van der Waals surface area contributed by atoms with Crippen molar-refractivity contribution in [3.05, 3.63) is 63.7 Å². The van der Waals surface area contributed by atoms with Crippen molar-refractivity contribution >= 4 is 23.5 Å². The van der Waals surface area contributed by atoms with Crippen molar-refractivity contribution in [2.75, 3.05) is 5.32 Å². The predicted molar refractivity (Wildman–Crippen MR) is 97.7 cm³/mol. The molecule has 0 radical (unpaired) electrons. The molecule has 0 aliphatic carbocycles. The fourth-order valence-corrected chi connectivity index (χ4v) is 3.05. The number of anilines is 1. The zero-order valence-corrected chi connectivity index (χ0v) is 15.0. The lowest BCUT2D eigenvalue weighted by Crippen LogP contribution is -2.16. The molecule has 0 saturated heterocycles. The molecule has 1 amide bonds. The van der Waals surface area contributed by atoms with Crippen LogP contribution in [-0.4, -0.2) is 16.1 Å². The summed E-state index contributed by atoms with van der Waals surface area (Å²) in [7, 11) is 0. The Kier molecular flexibility index (Phi) is 4.86. The standard InChI is InChI=1S/C19H18ClN3O2/c1-11-8-12(2)15(13(3)9-11)10-17(24)21-19-23-22-18(25-19)14-6-4-5-7-16(14)20/h4-9H,10H2,1-3H3,(H,21,23,24). The third-order valence-electron chi connectivity index (χ3n) is 3.95. The van der Waals surface area contributed by atoms with E-state index >= 15 is 0 Å². The summed E-state index contributed by atoms with van der Waals surface area (Å²) in [4.78, 5) is 12.3. The summed E-state index contributed by atoms with van der Waals surface area (Å²) in [6.45, 7) is 6.05. The molecule has 0 saturated carbocycles. The number of halogens is 1. The van der Waals surface area contributed by atoms with Gasteiger partial charge in [-0.05, 0) is 49.6 Å². The van der Waals surface area contributed by atoms with Gasteiger partial charge in [-0.25, -0.2) is 0 Å². The molecule has 0 fully saturated rings. The largest absolute Gasteiger partial charge is 0.403 e. The Bertz CT molecular complexity index is 911. The van der Waals surface area contributed by atoms with Crippen LogP contribution in [0.3, 0.4) is 0 Å². The molecule has 25 heavy (non-hydrogen) atoms. The van der Waals surface area contributed by atoms with Crippen LogP contribution in [0.15, 0.2) is 40.8 Å². The van der Waals surface area contributed by atoms with Crippen molar-refractivity contribution in [3.63, 3.8) is 0 Å². The molecule has 0 aliphatic heterocycles. The monoisotopic (exact) mass is 355 g/mol. The minimum absolute atomic E-state index is 0.0577. The normalized spacial score (nSPS) is 10.7. The number of rotatable bonds is 4. The lowest BCUT2D eigenvalue weighted by molar-refractivity contribution is -0.115. The fourth-order valence-electron chi connectivity index (χ4n) is 2.83. The summed E-state index contributed by atoms with van der Waals surface area (Å²) < 4.78 is 5.50. The van der Waals surface area contributed by atoms with Gasteiger partial charge in [-0.15, -0.1) is 5.10 Å². The van der Waals surface area contributed by atoms with E-state index in [0.717, 1.165) is 16.7 Å². The van der Waals surface area contributed by atoms with Crippen molar-refractivity contribution in [2.24, 2.45) is 0 Å². The van der Waals surface area contributed by atoms with Crippen LogP contribution >= 0.6 is 11.6 Å². The van der Waals surface area contributed by atoms with Crippen LogP contribution in [-0.2, 0) is 11.2 Å². The molecule has 0 aliphatic rings. The summed E-state index contributed by atoms with van der Waals surface area (Å²) in [6, 6.07) is 11.4. The summed E-state index contributed by atoms with van der Waals surface area (Å²) in [5.74, 6) is 0.0630. The van der Waals surface area contributed by atoms with Gasteiger partial charge >= 0.3 is 6.01 Å². The molecule has 0 atom stereocenters. The number of nitrogens with zero attached hydrogens (tertiary/aromatic N) is 2. The van der Waals surface area contributed by atoms with Crippen LogP contribution in [0.2, 0.25) is 5.02 Å². The molecular weight excluding hydrogens is 338 g/mol. The van der Waals surface area contributed by atoms with Gasteiger partial charge in [0.15, 0.2) is 0 Å². The highest BCUT2D eigenvalue weighted by Gasteiger charge is 2.15. The Labute approximate surface area is 151 Å². The van der Waals surface area contributed by atoms with Gasteiger partial charge in [-0.1, -0.05) is 46.5 Å². The van der Waals surface area contributed by atoms with E-state index in [0.29, 0.717) is 10.6 Å². The lowest BCUT2D eigenvalue weighted by atomic mass is 9.97. The number of hydrogen-bond donors (Lipinski definition) is 1. The fraction of sp³-hybridized carbons (Fsp3) is 0.211. The van der Waals surface area contributed by atoms with Crippen molar-refractivity contribution in [2.45, 2.75) is 27.2 Å². The first kappa shape index (κ1) is 17.2. The zero-order valence-electron chi connectivity index (χ0n) is 14.3. The minimum Gasteiger partial charge on any atom is -0.403 e. The van der Waals surface area contributed by atoms with Crippen LogP contribution < -0.4 is 5.32 Å². The number of aryl methyl sites for hydroxylation is 3. The molecule has 3 aromatic rings. The highest BCUT2D eigenvalue weighted by atomic mass is 35.5. The van der Waals surface area contributed by atoms with E-state index in [1.807, 2.05) is 32.9 Å². The van der Waals surface area contributed by atoms with Crippen LogP contribution in [0.1, 0.15) is 22.3 Å². The van der Waals surface area contributed by atoms with E-state index in [-0.39, 0.29) is 24.2 Å². The van der Waals surface area contributed by atoms with Gasteiger partial charge in [0.25, 0.3) is 5.89 Å². The van der Waals surface area contributed by atoms with Crippen molar-refractivity contribution in [3.8, 4) is 11.5 Å². The summed E-state index contributed by atoms with van der Waals surface area (Å²) in [5.41, 5.74) is 5.00. The molecule has 3 rings (SSSR count). The molecular formula is C19H18ClN3O2. The first-order valence-corrected chi connectivity index (χ1v) is 8.27. The molecule has 0 bridgehead atoms. The smallest absolute Gasteiger partial charge is 0.322 e. The molecule has 0 spiro atoms. The van der Waals surface area contributed by atoms with Gasteiger partial charge in [0.1, 0.15) is 0 Å². The Balaban J connectivity index is 1.74. The number of benzene rings is 2. The number of carbonyl (C=O) groups excluding carboxylic acids is 1. The van der Waals surface area contributed by atoms with Gasteiger partial charge < -0.3 is 4.42 Å². The second kappa shape index (κ2) is 7.07. The van der Waals surface area contributed by atoms with Gasteiger partial charge in [0.05, 0.1) is 17.0 Å². The summed E-state index contributed by atoms with van der Waals surface area (Å²) in [6.07, 6.45) is 0.252. The molecule has 5 nitrogen and oxygen atoms in total. The SMILES string of the molecule is Cc1cc(C)c(CC(=O)Nc2nnc(-c3ccccc3Cl)o2)c(C)c1. The van der Waals surface area contributed by atoms with Crippen LogP contribution in [0.5, 0.6) is 0 Å². The summed E-state index contributed by atoms with van der Waals surface area (Å²) >= 11 is 6.11. The Morgan fingerprint density at radius 1 is 1.12 bits per heavy atom. The number of hydrogen-bond acceptors (Lipinski definition) is 4. The molecule has 6 heteroatoms. The van der Waals surface area contributed by atoms with Crippen LogP contribution in [0, 0.1) is 20.8 Å². The Morgan fingerprint density at radius 3 is 2.48 bits per heavy atom. The third kappa shape index (κ3) is 3.88. The van der Waals surface area contributed by atoms with E-state index in [2.05, 4.69) is 27.6 Å². The van der Waals surface area contributed by atoms with E-state index in [1.165, 1.54) is 5.56 Å². The molecule has 0 unspecified atom stereocenters. The van der Waals surface area contributed by atoms with Crippen molar-refractivity contribution in [1.82, 2.24) is 10.2 Å². The van der Waals surface area contributed by atoms with E-state index in [1.54, 1.807) is 12.1 Å². The average molecular weight is 356 g/mol. The maximum Gasteiger partial charge on any atom is 0.322 e. The highest BCUT2D eigenvalue weighted by molar-refractivity contribution is 6.33. The second-order valence-electron chi connectivity index (χ2n) is 5.99. The quantitative estimate of drug-likeness (QED) is 0.748. The van der Waals surface area contributed by atoms with E-state index < -0.39 is 0 Å². The van der Waals surface area contributed by atoms with Crippen molar-refractivity contribution < 1.29 is 9.21 Å². The molecule has 2 aromatic carbocycles. The van der Waals surface area contributed by atoms with Gasteiger partial charge in [-0.3, -0.25) is 10.1 Å². The highest BCUT2D eigenvalue weighted by Crippen LogP contribution is 2.27. The topological polar surface area (TPSA) is 68.0 Å². The molecule has 128 valence electrons. The molecule has 1 N–H and O–H groups in total. The third-order valence-corrected chi connectivity index (χ3v) is 4.28.